The highest BCUT2D eigenvalue weighted by atomic mass is 16.2. The third-order valence-electron chi connectivity index (χ3n) is 5.62. The van der Waals surface area contributed by atoms with Crippen molar-refractivity contribution in [2.24, 2.45) is 0 Å². The van der Waals surface area contributed by atoms with E-state index in [1.54, 1.807) is 9.80 Å². The lowest BCUT2D eigenvalue weighted by atomic mass is 10.0. The van der Waals surface area contributed by atoms with Crippen LogP contribution >= 0.6 is 0 Å². The van der Waals surface area contributed by atoms with Gasteiger partial charge in [-0.1, -0.05) is 0 Å². The quantitative estimate of drug-likeness (QED) is 0.786. The lowest BCUT2D eigenvalue weighted by molar-refractivity contribution is -0.130. The zero-order chi connectivity index (χ0) is 16.5. The van der Waals surface area contributed by atoms with E-state index >= 15 is 0 Å². The molecule has 0 radical (unpaired) electrons. The van der Waals surface area contributed by atoms with Gasteiger partial charge in [-0.3, -0.25) is 14.7 Å². The fraction of sp³-hybridized carbons (Fsp3) is 0.611. The number of urea groups is 1. The highest BCUT2D eigenvalue weighted by Gasteiger charge is 2.49. The molecule has 0 aliphatic carbocycles. The number of nitrogens with zero attached hydrogens (tertiary/aromatic N) is 4. The molecule has 3 saturated heterocycles. The summed E-state index contributed by atoms with van der Waals surface area (Å²) in [5.74, 6) is 0.0488. The Morgan fingerprint density at radius 3 is 2.50 bits per heavy atom. The molecule has 1 aromatic rings. The average Bonchev–Trinajstić information content (AvgIpc) is 3.19. The van der Waals surface area contributed by atoms with Gasteiger partial charge in [-0.05, 0) is 49.8 Å². The van der Waals surface area contributed by atoms with E-state index in [0.717, 1.165) is 58.3 Å². The van der Waals surface area contributed by atoms with Crippen LogP contribution in [0.5, 0.6) is 0 Å². The molecule has 6 heteroatoms. The van der Waals surface area contributed by atoms with Crippen LogP contribution < -0.4 is 0 Å². The minimum absolute atomic E-state index is 0.0438. The number of rotatable bonds is 4. The molecule has 24 heavy (non-hydrogen) atoms. The van der Waals surface area contributed by atoms with Gasteiger partial charge in [-0.2, -0.15) is 0 Å². The number of likely N-dealkylation sites (tertiary alicyclic amines) is 1. The molecule has 0 saturated carbocycles. The Kier molecular flexibility index (Phi) is 4.22. The van der Waals surface area contributed by atoms with Gasteiger partial charge in [-0.15, -0.1) is 0 Å². The van der Waals surface area contributed by atoms with E-state index in [2.05, 4.69) is 22.0 Å². The second-order valence-electron chi connectivity index (χ2n) is 7.02. The maximum absolute atomic E-state index is 12.5. The third kappa shape index (κ3) is 2.79. The van der Waals surface area contributed by atoms with Crippen molar-refractivity contribution in [2.75, 3.05) is 26.2 Å². The number of carbonyl (C=O) groups excluding carboxylic acids is 2. The van der Waals surface area contributed by atoms with E-state index in [1.165, 1.54) is 5.56 Å². The number of piperidine rings is 1. The Morgan fingerprint density at radius 2 is 1.79 bits per heavy atom. The molecule has 3 aliphatic heterocycles. The fourth-order valence-corrected chi connectivity index (χ4v) is 4.22. The van der Waals surface area contributed by atoms with Crippen molar-refractivity contribution in [3.05, 3.63) is 30.1 Å². The summed E-state index contributed by atoms with van der Waals surface area (Å²) in [5.41, 5.74) is 1.30. The molecule has 4 heterocycles. The molecule has 3 amide bonds. The molecule has 0 spiro atoms. The van der Waals surface area contributed by atoms with Gasteiger partial charge in [0.1, 0.15) is 6.04 Å². The van der Waals surface area contributed by atoms with E-state index < -0.39 is 0 Å². The molecule has 3 aliphatic rings. The Hall–Kier alpha value is -1.95. The predicted octanol–water partition coefficient (Wildman–Crippen LogP) is 1.52. The van der Waals surface area contributed by atoms with Gasteiger partial charge in [0, 0.05) is 44.6 Å². The Balaban J connectivity index is 1.30. The van der Waals surface area contributed by atoms with E-state index in [1.807, 2.05) is 12.4 Å². The summed E-state index contributed by atoms with van der Waals surface area (Å²) < 4.78 is 0. The maximum Gasteiger partial charge on any atom is 0.327 e. The second kappa shape index (κ2) is 6.51. The number of carbonyl (C=O) groups is 2. The molecule has 4 rings (SSSR count). The van der Waals surface area contributed by atoms with Crippen LogP contribution in [-0.4, -0.2) is 69.9 Å². The maximum atomic E-state index is 12.5. The molecule has 3 fully saturated rings. The second-order valence-corrected chi connectivity index (χ2v) is 7.02. The molecular weight excluding hydrogens is 304 g/mol. The van der Waals surface area contributed by atoms with Crippen molar-refractivity contribution in [3.63, 3.8) is 0 Å². The van der Waals surface area contributed by atoms with Crippen molar-refractivity contribution in [3.8, 4) is 0 Å². The Bertz CT molecular complexity index is 591. The molecule has 0 aromatic carbocycles. The van der Waals surface area contributed by atoms with Gasteiger partial charge in [0.2, 0.25) is 0 Å². The number of hydrogen-bond donors (Lipinski definition) is 0. The van der Waals surface area contributed by atoms with Crippen molar-refractivity contribution in [2.45, 2.75) is 44.2 Å². The van der Waals surface area contributed by atoms with Crippen LogP contribution in [0.3, 0.4) is 0 Å². The zero-order valence-electron chi connectivity index (χ0n) is 13.9. The lowest BCUT2D eigenvalue weighted by Crippen LogP contribution is -2.48. The van der Waals surface area contributed by atoms with Crippen molar-refractivity contribution < 1.29 is 9.59 Å². The fourth-order valence-electron chi connectivity index (χ4n) is 4.22. The first-order chi connectivity index (χ1) is 11.7. The summed E-state index contributed by atoms with van der Waals surface area (Å²) in [5, 5.41) is 0. The summed E-state index contributed by atoms with van der Waals surface area (Å²) in [7, 11) is 0. The number of amides is 3. The topological polar surface area (TPSA) is 56.8 Å². The van der Waals surface area contributed by atoms with Crippen LogP contribution in [-0.2, 0) is 11.2 Å². The molecule has 1 aromatic heterocycles. The largest absolute Gasteiger partial charge is 0.327 e. The van der Waals surface area contributed by atoms with Crippen molar-refractivity contribution in [1.82, 2.24) is 19.7 Å². The monoisotopic (exact) mass is 328 g/mol. The highest BCUT2D eigenvalue weighted by Crippen LogP contribution is 2.31. The van der Waals surface area contributed by atoms with E-state index in [9.17, 15) is 9.59 Å². The van der Waals surface area contributed by atoms with Gasteiger partial charge >= 0.3 is 6.03 Å². The Morgan fingerprint density at radius 1 is 1.04 bits per heavy atom. The van der Waals surface area contributed by atoms with Crippen LogP contribution in [0.4, 0.5) is 4.79 Å². The molecule has 6 nitrogen and oxygen atoms in total. The standard InChI is InChI=1S/C18H24N4O2/c23-17-16-2-1-10-21(16)18(24)22(17)15-6-12-20(13-7-15)11-5-14-3-8-19-9-4-14/h3-4,8-9,15-16H,1-2,5-7,10-13H2/t16-/m1/s1. The number of fused-ring (bicyclic) bond motifs is 1. The van der Waals surface area contributed by atoms with Crippen LogP contribution in [0, 0.1) is 0 Å². The van der Waals surface area contributed by atoms with Crippen LogP contribution in [0.15, 0.2) is 24.5 Å². The number of pyridine rings is 1. The number of aromatic nitrogens is 1. The van der Waals surface area contributed by atoms with Gasteiger partial charge in [-0.25, -0.2) is 4.79 Å². The summed E-state index contributed by atoms with van der Waals surface area (Å²) in [6, 6.07) is 4.00. The van der Waals surface area contributed by atoms with E-state index in [0.29, 0.717) is 0 Å². The van der Waals surface area contributed by atoms with Crippen LogP contribution in [0.2, 0.25) is 0 Å². The van der Waals surface area contributed by atoms with Gasteiger partial charge in [0.15, 0.2) is 0 Å². The van der Waals surface area contributed by atoms with Crippen molar-refractivity contribution >= 4 is 11.9 Å². The van der Waals surface area contributed by atoms with Gasteiger partial charge in [0.25, 0.3) is 5.91 Å². The number of imide groups is 1. The van der Waals surface area contributed by atoms with Crippen molar-refractivity contribution in [1.29, 1.82) is 0 Å². The summed E-state index contributed by atoms with van der Waals surface area (Å²) >= 11 is 0. The first-order valence-electron chi connectivity index (χ1n) is 8.99. The SMILES string of the molecule is O=C1[C@H]2CCCN2C(=O)N1C1CCN(CCc2ccncc2)CC1. The molecule has 128 valence electrons. The minimum Gasteiger partial charge on any atom is -0.312 e. The summed E-state index contributed by atoms with van der Waals surface area (Å²) in [6.07, 6.45) is 8.28. The average molecular weight is 328 g/mol. The molecule has 0 N–H and O–H groups in total. The highest BCUT2D eigenvalue weighted by molar-refractivity contribution is 6.04. The molecular formula is C18H24N4O2. The zero-order valence-corrected chi connectivity index (χ0v) is 13.9. The molecule has 1 atom stereocenters. The van der Waals surface area contributed by atoms with E-state index in [-0.39, 0.29) is 24.0 Å². The minimum atomic E-state index is -0.165. The van der Waals surface area contributed by atoms with Crippen LogP contribution in [0.1, 0.15) is 31.2 Å². The third-order valence-corrected chi connectivity index (χ3v) is 5.62. The molecule has 0 bridgehead atoms. The summed E-state index contributed by atoms with van der Waals surface area (Å²) in [6.45, 7) is 3.68. The first-order valence-corrected chi connectivity index (χ1v) is 8.99. The smallest absolute Gasteiger partial charge is 0.312 e. The van der Waals surface area contributed by atoms with E-state index in [4.69, 9.17) is 0 Å². The normalized spacial score (nSPS) is 25.6. The van der Waals surface area contributed by atoms with Gasteiger partial charge in [0.05, 0.1) is 0 Å². The Labute approximate surface area is 142 Å². The molecule has 0 unspecified atom stereocenters. The van der Waals surface area contributed by atoms with Gasteiger partial charge < -0.3 is 9.80 Å². The van der Waals surface area contributed by atoms with Crippen LogP contribution in [0.25, 0.3) is 0 Å². The summed E-state index contributed by atoms with van der Waals surface area (Å²) in [4.78, 5) is 34.9. The predicted molar refractivity (Wildman–Crippen MR) is 89.4 cm³/mol. The number of hydrogen-bond acceptors (Lipinski definition) is 4. The first kappa shape index (κ1) is 15.6. The lowest BCUT2D eigenvalue weighted by Gasteiger charge is -2.35.